The first-order valence-electron chi connectivity index (χ1n) is 7.88. The molecule has 0 unspecified atom stereocenters. The molecule has 3 heterocycles. The maximum Gasteiger partial charge on any atom is 0.295 e. The van der Waals surface area contributed by atoms with Crippen LogP contribution in [0.25, 0.3) is 11.1 Å². The second kappa shape index (κ2) is 6.01. The number of oxazole rings is 1. The first-order valence-corrected chi connectivity index (χ1v) is 7.88. The summed E-state index contributed by atoms with van der Waals surface area (Å²) >= 11 is 0. The Hall–Kier alpha value is -2.40. The van der Waals surface area contributed by atoms with Gasteiger partial charge in [0.05, 0.1) is 19.3 Å². The molecule has 0 bridgehead atoms. The molecule has 0 aliphatic carbocycles. The largest absolute Gasteiger partial charge is 0.424 e. The average Bonchev–Trinajstić information content (AvgIpc) is 3.15. The smallest absolute Gasteiger partial charge is 0.295 e. The average molecular weight is 309 g/mol. The van der Waals surface area contributed by atoms with Crippen molar-refractivity contribution in [3.05, 3.63) is 53.9 Å². The van der Waals surface area contributed by atoms with Crippen molar-refractivity contribution in [3.8, 4) is 0 Å². The van der Waals surface area contributed by atoms with Gasteiger partial charge >= 0.3 is 0 Å². The first-order chi connectivity index (χ1) is 11.3. The molecule has 0 spiro atoms. The van der Waals surface area contributed by atoms with Crippen LogP contribution in [0.3, 0.4) is 0 Å². The van der Waals surface area contributed by atoms with E-state index in [0.717, 1.165) is 24.1 Å². The number of rotatable bonds is 4. The molecule has 3 aromatic rings. The van der Waals surface area contributed by atoms with Gasteiger partial charge in [-0.2, -0.15) is 4.98 Å². The number of aromatic nitrogens is 2. The SMILES string of the molecule is Cc1ccc2oc(N[C@H]3COC[C@H]3Cc3ccncc3)nc2c1. The number of nitrogens with zero attached hydrogens (tertiary/aromatic N) is 2. The van der Waals surface area contributed by atoms with Gasteiger partial charge in [-0.1, -0.05) is 6.07 Å². The number of fused-ring (bicyclic) bond motifs is 1. The molecule has 1 saturated heterocycles. The minimum atomic E-state index is 0.206. The molecule has 0 amide bonds. The molecule has 4 rings (SSSR count). The van der Waals surface area contributed by atoms with Crippen molar-refractivity contribution < 1.29 is 9.15 Å². The second-order valence-electron chi connectivity index (χ2n) is 6.10. The summed E-state index contributed by atoms with van der Waals surface area (Å²) in [5.41, 5.74) is 4.15. The highest BCUT2D eigenvalue weighted by molar-refractivity contribution is 5.75. The van der Waals surface area contributed by atoms with Crippen LogP contribution in [-0.4, -0.2) is 29.2 Å². The summed E-state index contributed by atoms with van der Waals surface area (Å²) in [5, 5.41) is 3.40. The maximum absolute atomic E-state index is 5.80. The molecule has 0 radical (unpaired) electrons. The molecule has 5 nitrogen and oxygen atoms in total. The highest BCUT2D eigenvalue weighted by atomic mass is 16.5. The lowest BCUT2D eigenvalue weighted by molar-refractivity contribution is 0.185. The Bertz CT molecular complexity index is 800. The maximum atomic E-state index is 5.80. The van der Waals surface area contributed by atoms with Crippen molar-refractivity contribution in [2.24, 2.45) is 5.92 Å². The van der Waals surface area contributed by atoms with Crippen LogP contribution in [0, 0.1) is 12.8 Å². The van der Waals surface area contributed by atoms with E-state index in [9.17, 15) is 0 Å². The molecule has 1 aromatic carbocycles. The fourth-order valence-corrected chi connectivity index (χ4v) is 3.04. The number of ether oxygens (including phenoxy) is 1. The standard InChI is InChI=1S/C18H19N3O2/c1-12-2-3-17-15(8-12)20-18(23-17)21-16-11-22-10-14(16)9-13-4-6-19-7-5-13/h2-8,14,16H,9-11H2,1H3,(H,20,21)/t14-,16+/m1/s1. The number of pyridine rings is 1. The van der Waals surface area contributed by atoms with Crippen molar-refractivity contribution in [2.45, 2.75) is 19.4 Å². The number of hydrogen-bond donors (Lipinski definition) is 1. The molecule has 2 atom stereocenters. The van der Waals surface area contributed by atoms with Gasteiger partial charge in [-0.3, -0.25) is 4.98 Å². The van der Waals surface area contributed by atoms with Crippen LogP contribution in [0.15, 0.2) is 47.1 Å². The Labute approximate surface area is 134 Å². The van der Waals surface area contributed by atoms with Crippen LogP contribution in [-0.2, 0) is 11.2 Å². The third kappa shape index (κ3) is 3.05. The summed E-state index contributed by atoms with van der Waals surface area (Å²) < 4.78 is 11.5. The minimum absolute atomic E-state index is 0.206. The van der Waals surface area contributed by atoms with E-state index in [4.69, 9.17) is 9.15 Å². The summed E-state index contributed by atoms with van der Waals surface area (Å²) in [6.45, 7) is 3.48. The molecule has 1 N–H and O–H groups in total. The van der Waals surface area contributed by atoms with Gasteiger partial charge in [-0.25, -0.2) is 0 Å². The third-order valence-electron chi connectivity index (χ3n) is 4.30. The molecule has 0 saturated carbocycles. The van der Waals surface area contributed by atoms with Gasteiger partial charge in [0, 0.05) is 18.3 Å². The first kappa shape index (κ1) is 14.2. The van der Waals surface area contributed by atoms with Crippen LogP contribution in [0.1, 0.15) is 11.1 Å². The van der Waals surface area contributed by atoms with Gasteiger partial charge in [0.15, 0.2) is 5.58 Å². The molecule has 1 aliphatic heterocycles. The topological polar surface area (TPSA) is 60.2 Å². The number of anilines is 1. The van der Waals surface area contributed by atoms with Crippen molar-refractivity contribution in [1.29, 1.82) is 0 Å². The van der Waals surface area contributed by atoms with E-state index in [0.29, 0.717) is 18.5 Å². The molecule has 5 heteroatoms. The van der Waals surface area contributed by atoms with E-state index >= 15 is 0 Å². The highest BCUT2D eigenvalue weighted by Crippen LogP contribution is 2.25. The second-order valence-corrected chi connectivity index (χ2v) is 6.10. The number of benzene rings is 1. The van der Waals surface area contributed by atoms with E-state index < -0.39 is 0 Å². The fraction of sp³-hybridized carbons (Fsp3) is 0.333. The third-order valence-corrected chi connectivity index (χ3v) is 4.30. The van der Waals surface area contributed by atoms with E-state index in [-0.39, 0.29) is 6.04 Å². The Kier molecular flexibility index (Phi) is 3.71. The highest BCUT2D eigenvalue weighted by Gasteiger charge is 2.29. The lowest BCUT2D eigenvalue weighted by Gasteiger charge is -2.17. The number of aryl methyl sites for hydroxylation is 1. The molecular weight excluding hydrogens is 290 g/mol. The van der Waals surface area contributed by atoms with Gasteiger partial charge in [-0.05, 0) is 48.7 Å². The van der Waals surface area contributed by atoms with Crippen molar-refractivity contribution in [2.75, 3.05) is 18.5 Å². The summed E-state index contributed by atoms with van der Waals surface area (Å²) in [7, 11) is 0. The van der Waals surface area contributed by atoms with Crippen LogP contribution in [0.5, 0.6) is 0 Å². The van der Waals surface area contributed by atoms with Gasteiger partial charge in [-0.15, -0.1) is 0 Å². The molecular formula is C18H19N3O2. The molecule has 1 aliphatic rings. The fourth-order valence-electron chi connectivity index (χ4n) is 3.04. The van der Waals surface area contributed by atoms with E-state index in [1.54, 1.807) is 0 Å². The Morgan fingerprint density at radius 2 is 2.04 bits per heavy atom. The van der Waals surface area contributed by atoms with Gasteiger partial charge < -0.3 is 14.5 Å². The predicted octanol–water partition coefficient (Wildman–Crippen LogP) is 3.20. The quantitative estimate of drug-likeness (QED) is 0.802. The summed E-state index contributed by atoms with van der Waals surface area (Å²) in [6.07, 6.45) is 4.62. The van der Waals surface area contributed by atoms with Crippen molar-refractivity contribution in [3.63, 3.8) is 0 Å². The Balaban J connectivity index is 1.50. The molecule has 118 valence electrons. The normalized spacial score (nSPS) is 20.9. The summed E-state index contributed by atoms with van der Waals surface area (Å²) in [4.78, 5) is 8.60. The van der Waals surface area contributed by atoms with Gasteiger partial charge in [0.25, 0.3) is 6.01 Å². The summed E-state index contributed by atoms with van der Waals surface area (Å²) in [5.74, 6) is 0.397. The van der Waals surface area contributed by atoms with Gasteiger partial charge in [0.1, 0.15) is 5.52 Å². The van der Waals surface area contributed by atoms with Crippen molar-refractivity contribution >= 4 is 17.1 Å². The Morgan fingerprint density at radius 1 is 1.17 bits per heavy atom. The molecule has 2 aromatic heterocycles. The molecule has 1 fully saturated rings. The van der Waals surface area contributed by atoms with E-state index in [2.05, 4.69) is 34.3 Å². The lowest BCUT2D eigenvalue weighted by Crippen LogP contribution is -2.29. The number of nitrogens with one attached hydrogen (secondary N) is 1. The monoisotopic (exact) mass is 309 g/mol. The lowest BCUT2D eigenvalue weighted by atomic mass is 9.95. The van der Waals surface area contributed by atoms with Crippen LogP contribution >= 0.6 is 0 Å². The Morgan fingerprint density at radius 3 is 2.91 bits per heavy atom. The molecule has 23 heavy (non-hydrogen) atoms. The van der Waals surface area contributed by atoms with Crippen LogP contribution < -0.4 is 5.32 Å². The van der Waals surface area contributed by atoms with E-state index in [1.165, 1.54) is 11.1 Å². The predicted molar refractivity (Wildman–Crippen MR) is 88.4 cm³/mol. The zero-order valence-corrected chi connectivity index (χ0v) is 13.0. The van der Waals surface area contributed by atoms with Crippen LogP contribution in [0.4, 0.5) is 6.01 Å². The van der Waals surface area contributed by atoms with Crippen LogP contribution in [0.2, 0.25) is 0 Å². The minimum Gasteiger partial charge on any atom is -0.424 e. The zero-order chi connectivity index (χ0) is 15.6. The number of hydrogen-bond acceptors (Lipinski definition) is 5. The van der Waals surface area contributed by atoms with E-state index in [1.807, 2.05) is 30.6 Å². The summed E-state index contributed by atoms with van der Waals surface area (Å²) in [6, 6.07) is 10.9. The van der Waals surface area contributed by atoms with Gasteiger partial charge in [0.2, 0.25) is 0 Å². The van der Waals surface area contributed by atoms with Crippen molar-refractivity contribution in [1.82, 2.24) is 9.97 Å². The zero-order valence-electron chi connectivity index (χ0n) is 13.0.